The van der Waals surface area contributed by atoms with Gasteiger partial charge in [0.25, 0.3) is 0 Å². The summed E-state index contributed by atoms with van der Waals surface area (Å²) in [5, 5.41) is 0. The van der Waals surface area contributed by atoms with Crippen molar-refractivity contribution in [3.05, 3.63) is 122 Å². The van der Waals surface area contributed by atoms with Gasteiger partial charge in [-0.2, -0.15) is 0 Å². The van der Waals surface area contributed by atoms with Gasteiger partial charge in [0.2, 0.25) is 0 Å². The van der Waals surface area contributed by atoms with Gasteiger partial charge in [-0.3, -0.25) is 0 Å². The Morgan fingerprint density at radius 3 is 2.06 bits per heavy atom. The summed E-state index contributed by atoms with van der Waals surface area (Å²) >= 11 is -0.991. The quantitative estimate of drug-likeness (QED) is 0.354. The largest absolute Gasteiger partial charge is 1.00 e. The van der Waals surface area contributed by atoms with Gasteiger partial charge < -0.3 is 24.8 Å². The molecule has 2 unspecified atom stereocenters. The van der Waals surface area contributed by atoms with E-state index in [2.05, 4.69) is 120 Å². The van der Waals surface area contributed by atoms with Gasteiger partial charge in [0.05, 0.1) is 0 Å². The van der Waals surface area contributed by atoms with Crippen molar-refractivity contribution in [1.29, 1.82) is 0 Å². The molecule has 0 saturated heterocycles. The molecular weight excluding hydrogens is 526 g/mol. The standard InChI is InChI=1S/C15H14N.C13H10N.2ClH.Zr/c1-11-7-12(2)16(10-11)15-8-13-5-3-4-6-14(13)9-15;1-2-6-12-11(5-1)7-8-13(12)14-9-3-4-10-14;;;/h3-10H,1-2H3;1-7,9-10,13H;2*1H;/q;;;;+2/p-2. The van der Waals surface area contributed by atoms with Crippen molar-refractivity contribution in [3.8, 4) is 0 Å². The number of nitrogens with zero attached hydrogens (tertiary/aromatic N) is 2. The number of allylic oxidation sites excluding steroid dienone is 2. The van der Waals surface area contributed by atoms with Crippen molar-refractivity contribution < 1.29 is 48.0 Å². The molecule has 2 atom stereocenters. The molecular formula is C28H24Cl2N2Zr. The molecule has 164 valence electrons. The van der Waals surface area contributed by atoms with E-state index >= 15 is 0 Å². The van der Waals surface area contributed by atoms with Gasteiger partial charge in [-0.1, -0.05) is 0 Å². The molecule has 0 aliphatic heterocycles. The average Bonchev–Trinajstić information content (AvgIpc) is 3.54. The average molecular weight is 551 g/mol. The summed E-state index contributed by atoms with van der Waals surface area (Å²) in [5.74, 6) is 0. The summed E-state index contributed by atoms with van der Waals surface area (Å²) in [6.07, 6.45) is 11.7. The second-order valence-corrected chi connectivity index (χ2v) is 12.1. The van der Waals surface area contributed by atoms with Crippen molar-refractivity contribution in [2.24, 2.45) is 0 Å². The van der Waals surface area contributed by atoms with E-state index in [1.165, 1.54) is 39.2 Å². The molecule has 5 heteroatoms. The number of aryl methyl sites for hydroxylation is 2. The van der Waals surface area contributed by atoms with Crippen LogP contribution < -0.4 is 24.8 Å². The fourth-order valence-electron chi connectivity index (χ4n) is 5.12. The molecule has 33 heavy (non-hydrogen) atoms. The predicted octanol–water partition coefficient (Wildman–Crippen LogP) is 0.694. The van der Waals surface area contributed by atoms with E-state index in [9.17, 15) is 0 Å². The maximum atomic E-state index is 2.50. The Hall–Kier alpha value is -2.06. The molecule has 0 amide bonds. The Balaban J connectivity index is 0.00000130. The second-order valence-electron chi connectivity index (χ2n) is 8.57. The molecule has 0 fully saturated rings. The summed E-state index contributed by atoms with van der Waals surface area (Å²) in [6.45, 7) is 4.42. The minimum absolute atomic E-state index is 0. The first-order valence-corrected chi connectivity index (χ1v) is 13.5. The molecule has 2 nitrogen and oxygen atoms in total. The number of benzene rings is 2. The van der Waals surface area contributed by atoms with Gasteiger partial charge in [-0.15, -0.1) is 0 Å². The van der Waals surface area contributed by atoms with E-state index < -0.39 is 23.2 Å². The molecule has 0 bridgehead atoms. The summed E-state index contributed by atoms with van der Waals surface area (Å²) in [7, 11) is 0. The minimum atomic E-state index is -0.991. The summed E-state index contributed by atoms with van der Waals surface area (Å²) in [5.41, 5.74) is 9.85. The Morgan fingerprint density at radius 1 is 0.758 bits per heavy atom. The first-order chi connectivity index (χ1) is 15.2. The van der Waals surface area contributed by atoms with Gasteiger partial charge in [-0.05, 0) is 0 Å². The summed E-state index contributed by atoms with van der Waals surface area (Å²) in [6, 6.07) is 24.9. The van der Waals surface area contributed by atoms with E-state index in [0.29, 0.717) is 9.67 Å². The van der Waals surface area contributed by atoms with Crippen LogP contribution in [0.4, 0.5) is 0 Å². The number of aromatic nitrogens is 2. The van der Waals surface area contributed by atoms with Gasteiger partial charge >= 0.3 is 196 Å². The van der Waals surface area contributed by atoms with Gasteiger partial charge in [0, 0.05) is 0 Å². The Labute approximate surface area is 219 Å². The summed E-state index contributed by atoms with van der Waals surface area (Å²) in [4.78, 5) is 0. The van der Waals surface area contributed by atoms with E-state index in [-0.39, 0.29) is 24.8 Å². The van der Waals surface area contributed by atoms with Crippen molar-refractivity contribution in [3.63, 3.8) is 0 Å². The van der Waals surface area contributed by atoms with Gasteiger partial charge in [-0.25, -0.2) is 0 Å². The van der Waals surface area contributed by atoms with Crippen LogP contribution in [0, 0.1) is 13.8 Å². The number of fused-ring (bicyclic) bond motifs is 2. The van der Waals surface area contributed by atoms with Crippen molar-refractivity contribution >= 4 is 17.8 Å². The second kappa shape index (κ2) is 9.67. The maximum absolute atomic E-state index is 2.50. The maximum Gasteiger partial charge on any atom is -1.00 e. The number of rotatable bonds is 4. The molecule has 2 aromatic heterocycles. The Morgan fingerprint density at radius 2 is 1.39 bits per heavy atom. The third-order valence-electron chi connectivity index (χ3n) is 6.47. The van der Waals surface area contributed by atoms with Crippen LogP contribution in [0.1, 0.15) is 43.2 Å². The Bertz CT molecular complexity index is 1350. The van der Waals surface area contributed by atoms with E-state index in [0.717, 1.165) is 0 Å². The number of halogens is 2. The molecule has 6 rings (SSSR count). The van der Waals surface area contributed by atoms with Crippen LogP contribution in [0.5, 0.6) is 0 Å². The zero-order valence-corrected chi connectivity index (χ0v) is 22.5. The van der Waals surface area contributed by atoms with Crippen LogP contribution in [-0.2, 0) is 23.2 Å². The molecule has 0 radical (unpaired) electrons. The van der Waals surface area contributed by atoms with E-state index in [1.807, 2.05) is 0 Å². The van der Waals surface area contributed by atoms with Crippen LogP contribution in [0.3, 0.4) is 0 Å². The van der Waals surface area contributed by atoms with Crippen molar-refractivity contribution in [2.45, 2.75) is 23.5 Å². The summed E-state index contributed by atoms with van der Waals surface area (Å²) < 4.78 is 7.00. The monoisotopic (exact) mass is 548 g/mol. The molecule has 2 aliphatic rings. The van der Waals surface area contributed by atoms with Crippen molar-refractivity contribution in [1.82, 2.24) is 9.13 Å². The molecule has 0 saturated carbocycles. The van der Waals surface area contributed by atoms with Crippen LogP contribution in [-0.4, -0.2) is 9.13 Å². The molecule has 2 aliphatic carbocycles. The van der Waals surface area contributed by atoms with Crippen LogP contribution in [0.15, 0.2) is 88.6 Å². The number of hydrogen-bond donors (Lipinski definition) is 0. The van der Waals surface area contributed by atoms with Crippen molar-refractivity contribution in [2.75, 3.05) is 0 Å². The van der Waals surface area contributed by atoms with E-state index in [1.54, 1.807) is 3.28 Å². The fourth-order valence-corrected chi connectivity index (χ4v) is 9.60. The SMILES string of the molecule is Cc1cc(C)n(C2=Cc3ccccc3[CH]2[Zr+2][C]2=Cc3ccccc3C2n2cccc2)c1.[Cl-].[Cl-]. The molecule has 0 N–H and O–H groups in total. The molecule has 2 heterocycles. The van der Waals surface area contributed by atoms with E-state index in [4.69, 9.17) is 0 Å². The van der Waals surface area contributed by atoms with Crippen LogP contribution in [0.25, 0.3) is 17.8 Å². The van der Waals surface area contributed by atoms with Crippen LogP contribution >= 0.6 is 0 Å². The zero-order chi connectivity index (χ0) is 20.9. The predicted molar refractivity (Wildman–Crippen MR) is 124 cm³/mol. The van der Waals surface area contributed by atoms with Gasteiger partial charge in [0.1, 0.15) is 0 Å². The third kappa shape index (κ3) is 4.16. The smallest absolute Gasteiger partial charge is 1.00 e. The third-order valence-corrected chi connectivity index (χ3v) is 10.5. The fraction of sp³-hybridized carbons (Fsp3) is 0.143. The number of hydrogen-bond acceptors (Lipinski definition) is 0. The molecule has 4 aromatic rings. The van der Waals surface area contributed by atoms with Gasteiger partial charge in [0.15, 0.2) is 0 Å². The first kappa shape index (κ1) is 24.1. The van der Waals surface area contributed by atoms with Crippen LogP contribution in [0.2, 0.25) is 0 Å². The normalized spacial score (nSPS) is 17.8. The minimum Gasteiger partial charge on any atom is -1.00 e. The molecule has 2 aromatic carbocycles. The first-order valence-electron chi connectivity index (χ1n) is 10.8. The Kier molecular flexibility index (Phi) is 7.05. The zero-order valence-electron chi connectivity index (χ0n) is 18.5. The molecule has 0 spiro atoms. The topological polar surface area (TPSA) is 9.86 Å².